The van der Waals surface area contributed by atoms with Crippen molar-refractivity contribution in [2.45, 2.75) is 56.4 Å². The van der Waals surface area contributed by atoms with Crippen LogP contribution in [0.2, 0.25) is 5.02 Å². The van der Waals surface area contributed by atoms with Crippen LogP contribution in [0.3, 0.4) is 0 Å². The number of carbonyl (C=O) groups excluding carboxylic acids is 1. The second-order valence-electron chi connectivity index (χ2n) is 7.06. The first-order valence-electron chi connectivity index (χ1n) is 9.00. The van der Waals surface area contributed by atoms with Gasteiger partial charge in [0.25, 0.3) is 5.91 Å². The number of benzene rings is 1. The van der Waals surface area contributed by atoms with E-state index < -0.39 is 10.0 Å². The fourth-order valence-corrected chi connectivity index (χ4v) is 5.29. The third kappa shape index (κ3) is 4.36. The van der Waals surface area contributed by atoms with Crippen LogP contribution in [0.15, 0.2) is 23.1 Å². The molecular formula is C18H25ClN2O3S. The molecule has 7 heteroatoms. The number of amides is 1. The van der Waals surface area contributed by atoms with Crippen molar-refractivity contribution in [2.24, 2.45) is 5.92 Å². The SMILES string of the molecule is CC(NC(=O)c1ccc(Cl)c(S(=O)(=O)N2CCCCCC2)c1)C1CC1. The summed E-state index contributed by atoms with van der Waals surface area (Å²) in [4.78, 5) is 12.5. The maximum absolute atomic E-state index is 13.0. The normalized spacial score (nSPS) is 20.7. The maximum atomic E-state index is 13.0. The van der Waals surface area contributed by atoms with E-state index in [1.54, 1.807) is 6.07 Å². The van der Waals surface area contributed by atoms with Gasteiger partial charge in [0.2, 0.25) is 10.0 Å². The Kier molecular flexibility index (Phi) is 5.71. The van der Waals surface area contributed by atoms with Crippen LogP contribution in [-0.2, 0) is 10.0 Å². The molecule has 0 radical (unpaired) electrons. The summed E-state index contributed by atoms with van der Waals surface area (Å²) in [5, 5.41) is 3.12. The Hall–Kier alpha value is -1.11. The molecule has 0 bridgehead atoms. The maximum Gasteiger partial charge on any atom is 0.251 e. The third-order valence-corrected chi connectivity index (χ3v) is 7.44. The zero-order valence-electron chi connectivity index (χ0n) is 14.5. The van der Waals surface area contributed by atoms with Crippen LogP contribution in [0.5, 0.6) is 0 Å². The molecule has 3 rings (SSSR count). The zero-order chi connectivity index (χ0) is 18.0. The Balaban J connectivity index is 1.83. The first-order chi connectivity index (χ1) is 11.9. The van der Waals surface area contributed by atoms with Crippen LogP contribution in [0, 0.1) is 5.92 Å². The summed E-state index contributed by atoms with van der Waals surface area (Å²) in [5.74, 6) is 0.292. The molecule has 1 amide bonds. The van der Waals surface area contributed by atoms with Crippen molar-refractivity contribution in [3.8, 4) is 0 Å². The molecule has 1 unspecified atom stereocenters. The number of rotatable bonds is 5. The lowest BCUT2D eigenvalue weighted by molar-refractivity contribution is 0.0935. The lowest BCUT2D eigenvalue weighted by Gasteiger charge is -2.21. The van der Waals surface area contributed by atoms with E-state index in [4.69, 9.17) is 11.6 Å². The summed E-state index contributed by atoms with van der Waals surface area (Å²) < 4.78 is 27.5. The number of sulfonamides is 1. The molecule has 0 spiro atoms. The van der Waals surface area contributed by atoms with Gasteiger partial charge >= 0.3 is 0 Å². The van der Waals surface area contributed by atoms with E-state index in [0.29, 0.717) is 24.6 Å². The van der Waals surface area contributed by atoms with Crippen molar-refractivity contribution >= 4 is 27.5 Å². The Morgan fingerprint density at radius 2 is 1.84 bits per heavy atom. The summed E-state index contributed by atoms with van der Waals surface area (Å²) in [7, 11) is -3.68. The van der Waals surface area contributed by atoms with Gasteiger partial charge in [0.15, 0.2) is 0 Å². The van der Waals surface area contributed by atoms with Gasteiger partial charge in [-0.05, 0) is 56.7 Å². The Morgan fingerprint density at radius 3 is 2.44 bits per heavy atom. The lowest BCUT2D eigenvalue weighted by Crippen LogP contribution is -2.35. The van der Waals surface area contributed by atoms with Gasteiger partial charge in [-0.15, -0.1) is 0 Å². The number of hydrogen-bond donors (Lipinski definition) is 1. The molecule has 2 aliphatic rings. The molecule has 2 fully saturated rings. The molecule has 1 N–H and O–H groups in total. The minimum Gasteiger partial charge on any atom is -0.349 e. The van der Waals surface area contributed by atoms with Crippen molar-refractivity contribution in [3.63, 3.8) is 0 Å². The highest BCUT2D eigenvalue weighted by Gasteiger charge is 2.31. The molecule has 138 valence electrons. The number of nitrogens with one attached hydrogen (secondary N) is 1. The smallest absolute Gasteiger partial charge is 0.251 e. The molecule has 25 heavy (non-hydrogen) atoms. The molecule has 1 aliphatic heterocycles. The van der Waals surface area contributed by atoms with Gasteiger partial charge in [-0.1, -0.05) is 24.4 Å². The van der Waals surface area contributed by atoms with Crippen LogP contribution >= 0.6 is 11.6 Å². The molecule has 1 atom stereocenters. The standard InChI is InChI=1S/C18H25ClN2O3S/c1-13(14-6-7-14)20-18(22)15-8-9-16(19)17(12-15)25(23,24)21-10-4-2-3-5-11-21/h8-9,12-14H,2-7,10-11H2,1H3,(H,20,22). The second-order valence-corrected chi connectivity index (χ2v) is 9.38. The summed E-state index contributed by atoms with van der Waals surface area (Å²) in [5.41, 5.74) is 0.338. The Bertz CT molecular complexity index is 739. The predicted octanol–water partition coefficient (Wildman–Crippen LogP) is 3.43. The van der Waals surface area contributed by atoms with Gasteiger partial charge in [0.05, 0.1) is 5.02 Å². The quantitative estimate of drug-likeness (QED) is 0.845. The first kappa shape index (κ1) is 18.7. The lowest BCUT2D eigenvalue weighted by atomic mass is 10.1. The monoisotopic (exact) mass is 384 g/mol. The van der Waals surface area contributed by atoms with Gasteiger partial charge in [0.1, 0.15) is 4.90 Å². The van der Waals surface area contributed by atoms with Crippen LogP contribution in [0.1, 0.15) is 55.8 Å². The molecule has 1 saturated heterocycles. The highest BCUT2D eigenvalue weighted by molar-refractivity contribution is 7.89. The average Bonchev–Trinajstić information content (AvgIpc) is 3.41. The van der Waals surface area contributed by atoms with Crippen LogP contribution in [0.25, 0.3) is 0 Å². The van der Waals surface area contributed by atoms with Gasteiger partial charge in [-0.25, -0.2) is 8.42 Å². The van der Waals surface area contributed by atoms with E-state index in [2.05, 4.69) is 5.32 Å². The van der Waals surface area contributed by atoms with Crippen molar-refractivity contribution < 1.29 is 13.2 Å². The highest BCUT2D eigenvalue weighted by Crippen LogP contribution is 2.32. The molecule has 1 aromatic rings. The topological polar surface area (TPSA) is 66.5 Å². The van der Waals surface area contributed by atoms with Gasteiger partial charge in [0, 0.05) is 24.7 Å². The van der Waals surface area contributed by atoms with E-state index in [-0.39, 0.29) is 21.9 Å². The fraction of sp³-hybridized carbons (Fsp3) is 0.611. The van der Waals surface area contributed by atoms with Crippen molar-refractivity contribution in [2.75, 3.05) is 13.1 Å². The number of nitrogens with zero attached hydrogens (tertiary/aromatic N) is 1. The molecule has 5 nitrogen and oxygen atoms in total. The van der Waals surface area contributed by atoms with Gasteiger partial charge in [-0.2, -0.15) is 4.31 Å². The zero-order valence-corrected chi connectivity index (χ0v) is 16.1. The summed E-state index contributed by atoms with van der Waals surface area (Å²) >= 11 is 6.17. The number of halogens is 1. The van der Waals surface area contributed by atoms with Gasteiger partial charge in [-0.3, -0.25) is 4.79 Å². The second kappa shape index (κ2) is 7.64. The Labute approximate surface area is 154 Å². The fourth-order valence-electron chi connectivity index (χ4n) is 3.27. The number of hydrogen-bond acceptors (Lipinski definition) is 3. The third-order valence-electron chi connectivity index (χ3n) is 5.06. The van der Waals surface area contributed by atoms with E-state index in [1.165, 1.54) is 16.4 Å². The molecule has 1 heterocycles. The van der Waals surface area contributed by atoms with Crippen molar-refractivity contribution in [1.29, 1.82) is 0 Å². The summed E-state index contributed by atoms with van der Waals surface area (Å²) in [6.07, 6.45) is 6.07. The van der Waals surface area contributed by atoms with Crippen LogP contribution in [0.4, 0.5) is 0 Å². The Morgan fingerprint density at radius 1 is 1.20 bits per heavy atom. The molecule has 1 aromatic carbocycles. The van der Waals surface area contributed by atoms with E-state index in [0.717, 1.165) is 38.5 Å². The van der Waals surface area contributed by atoms with Crippen LogP contribution in [-0.4, -0.2) is 37.8 Å². The van der Waals surface area contributed by atoms with Crippen molar-refractivity contribution in [3.05, 3.63) is 28.8 Å². The predicted molar refractivity (Wildman–Crippen MR) is 98.3 cm³/mol. The minimum absolute atomic E-state index is 0.0304. The molecule has 0 aromatic heterocycles. The van der Waals surface area contributed by atoms with Crippen molar-refractivity contribution in [1.82, 2.24) is 9.62 Å². The minimum atomic E-state index is -3.68. The van der Waals surface area contributed by atoms with E-state index >= 15 is 0 Å². The molecule has 1 saturated carbocycles. The largest absolute Gasteiger partial charge is 0.349 e. The summed E-state index contributed by atoms with van der Waals surface area (Å²) in [6, 6.07) is 4.60. The summed E-state index contributed by atoms with van der Waals surface area (Å²) in [6.45, 7) is 3.00. The van der Waals surface area contributed by atoms with E-state index in [1.807, 2.05) is 6.92 Å². The number of carbonyl (C=O) groups is 1. The highest BCUT2D eigenvalue weighted by atomic mass is 35.5. The first-order valence-corrected chi connectivity index (χ1v) is 10.8. The molecule has 1 aliphatic carbocycles. The van der Waals surface area contributed by atoms with E-state index in [9.17, 15) is 13.2 Å². The molecular weight excluding hydrogens is 360 g/mol. The van der Waals surface area contributed by atoms with Gasteiger partial charge < -0.3 is 5.32 Å². The van der Waals surface area contributed by atoms with Crippen LogP contribution < -0.4 is 5.32 Å². The average molecular weight is 385 g/mol.